The molecule has 0 unspecified atom stereocenters. The molecule has 5 atom stereocenters. The van der Waals surface area contributed by atoms with E-state index < -0.39 is 54.5 Å². The summed E-state index contributed by atoms with van der Waals surface area (Å²) in [5.41, 5.74) is 0. The van der Waals surface area contributed by atoms with Crippen LogP contribution in [0.25, 0.3) is 0 Å². The number of hydrogen-bond donors (Lipinski definition) is 1. The van der Waals surface area contributed by atoms with Crippen LogP contribution in [0.5, 0.6) is 0 Å². The van der Waals surface area contributed by atoms with E-state index in [1.165, 1.54) is 6.92 Å². The Morgan fingerprint density at radius 3 is 1.82 bits per heavy atom. The molecule has 0 aromatic carbocycles. The fraction of sp³-hybridized carbons (Fsp3) is 0.773. The predicted octanol–water partition coefficient (Wildman–Crippen LogP) is 1.55. The Morgan fingerprint density at radius 1 is 0.727 bits per heavy atom. The molecular weight excluding hydrogens is 438 g/mol. The lowest BCUT2D eigenvalue weighted by atomic mass is 9.97. The second-order valence-corrected chi connectivity index (χ2v) is 7.85. The molecule has 1 amide bonds. The van der Waals surface area contributed by atoms with Gasteiger partial charge < -0.3 is 29.0 Å². The largest absolute Gasteiger partial charge is 0.463 e. The molecule has 1 saturated heterocycles. The zero-order valence-corrected chi connectivity index (χ0v) is 19.9. The standard InChI is InChI=1S/C22H35NO10/c1-6-7-8-9-10-11-18(28)23-22-21(32-16(5)27)20(31-15(4)26)19(30-14(3)25)17(33-22)12-29-13(2)24/h17,19-22H,6-12H2,1-5H3,(H,23,28)/t17-,19-,20+,21-,22+/m1/s1. The van der Waals surface area contributed by atoms with E-state index in [0.29, 0.717) is 6.42 Å². The van der Waals surface area contributed by atoms with Gasteiger partial charge >= 0.3 is 23.9 Å². The van der Waals surface area contributed by atoms with Crippen LogP contribution in [0.15, 0.2) is 0 Å². The van der Waals surface area contributed by atoms with E-state index in [0.717, 1.165) is 46.5 Å². The van der Waals surface area contributed by atoms with E-state index in [2.05, 4.69) is 12.2 Å². The number of unbranched alkanes of at least 4 members (excludes halogenated alkanes) is 4. The lowest BCUT2D eigenvalue weighted by molar-refractivity contribution is -0.257. The zero-order chi connectivity index (χ0) is 25.0. The average Bonchev–Trinajstić information content (AvgIpc) is 2.69. The van der Waals surface area contributed by atoms with Crippen molar-refractivity contribution in [1.29, 1.82) is 0 Å². The molecule has 1 heterocycles. The summed E-state index contributed by atoms with van der Waals surface area (Å²) in [6.07, 6.45) is -1.23. The Bertz CT molecular complexity index is 695. The second kappa shape index (κ2) is 14.5. The maximum atomic E-state index is 12.5. The van der Waals surface area contributed by atoms with Gasteiger partial charge in [0, 0.05) is 34.1 Å². The van der Waals surface area contributed by atoms with Crippen molar-refractivity contribution in [3.05, 3.63) is 0 Å². The van der Waals surface area contributed by atoms with Crippen LogP contribution in [-0.2, 0) is 47.7 Å². The fourth-order valence-electron chi connectivity index (χ4n) is 3.46. The van der Waals surface area contributed by atoms with Gasteiger partial charge in [0.2, 0.25) is 5.91 Å². The summed E-state index contributed by atoms with van der Waals surface area (Å²) >= 11 is 0. The molecule has 33 heavy (non-hydrogen) atoms. The van der Waals surface area contributed by atoms with Crippen molar-refractivity contribution in [3.8, 4) is 0 Å². The van der Waals surface area contributed by atoms with E-state index in [4.69, 9.17) is 23.7 Å². The first-order valence-corrected chi connectivity index (χ1v) is 11.1. The monoisotopic (exact) mass is 473 g/mol. The molecule has 11 heteroatoms. The number of ether oxygens (including phenoxy) is 5. The summed E-state index contributed by atoms with van der Waals surface area (Å²) in [7, 11) is 0. The van der Waals surface area contributed by atoms with Gasteiger partial charge in [0.25, 0.3) is 0 Å². The van der Waals surface area contributed by atoms with Crippen LogP contribution in [0.2, 0.25) is 0 Å². The number of hydrogen-bond acceptors (Lipinski definition) is 10. The second-order valence-electron chi connectivity index (χ2n) is 7.85. The van der Waals surface area contributed by atoms with Crippen molar-refractivity contribution in [2.24, 2.45) is 0 Å². The van der Waals surface area contributed by atoms with Crippen molar-refractivity contribution in [2.45, 2.75) is 104 Å². The molecule has 0 aromatic rings. The van der Waals surface area contributed by atoms with E-state index in [1.54, 1.807) is 0 Å². The van der Waals surface area contributed by atoms with E-state index in [-0.39, 0.29) is 18.9 Å². The summed E-state index contributed by atoms with van der Waals surface area (Å²) in [5, 5.41) is 2.65. The number of carbonyl (C=O) groups is 5. The molecule has 0 spiro atoms. The summed E-state index contributed by atoms with van der Waals surface area (Å²) in [6.45, 7) is 6.35. The molecular formula is C22H35NO10. The van der Waals surface area contributed by atoms with Crippen molar-refractivity contribution in [2.75, 3.05) is 6.61 Å². The van der Waals surface area contributed by atoms with E-state index >= 15 is 0 Å². The average molecular weight is 474 g/mol. The van der Waals surface area contributed by atoms with Gasteiger partial charge in [0.1, 0.15) is 12.7 Å². The van der Waals surface area contributed by atoms with Gasteiger partial charge in [-0.15, -0.1) is 0 Å². The third-order valence-electron chi connectivity index (χ3n) is 4.80. The Labute approximate surface area is 193 Å². The molecule has 0 aliphatic carbocycles. The van der Waals surface area contributed by atoms with E-state index in [1.807, 2.05) is 0 Å². The van der Waals surface area contributed by atoms with Crippen LogP contribution in [-0.4, -0.2) is 67.0 Å². The highest BCUT2D eigenvalue weighted by Gasteiger charge is 2.52. The lowest BCUT2D eigenvalue weighted by Gasteiger charge is -2.44. The van der Waals surface area contributed by atoms with Crippen molar-refractivity contribution in [3.63, 3.8) is 0 Å². The maximum absolute atomic E-state index is 12.5. The number of rotatable bonds is 12. The minimum Gasteiger partial charge on any atom is -0.463 e. The zero-order valence-electron chi connectivity index (χ0n) is 19.9. The first-order chi connectivity index (χ1) is 15.5. The third kappa shape index (κ3) is 10.6. The van der Waals surface area contributed by atoms with Crippen LogP contribution in [0.3, 0.4) is 0 Å². The Balaban J connectivity index is 3.12. The predicted molar refractivity (Wildman–Crippen MR) is 113 cm³/mol. The summed E-state index contributed by atoms with van der Waals surface area (Å²) in [5.74, 6) is -3.14. The highest BCUT2D eigenvalue weighted by atomic mass is 16.7. The number of nitrogens with one attached hydrogen (secondary N) is 1. The normalized spacial score (nSPS) is 24.3. The van der Waals surface area contributed by atoms with Crippen molar-refractivity contribution < 1.29 is 47.7 Å². The molecule has 0 bridgehead atoms. The van der Waals surface area contributed by atoms with Crippen molar-refractivity contribution >= 4 is 29.8 Å². The van der Waals surface area contributed by atoms with Gasteiger partial charge in [0.05, 0.1) is 0 Å². The molecule has 11 nitrogen and oxygen atoms in total. The molecule has 0 radical (unpaired) electrons. The first-order valence-electron chi connectivity index (χ1n) is 11.1. The summed E-state index contributed by atoms with van der Waals surface area (Å²) < 4.78 is 26.8. The maximum Gasteiger partial charge on any atom is 0.303 e. The third-order valence-corrected chi connectivity index (χ3v) is 4.80. The molecule has 0 saturated carbocycles. The Morgan fingerprint density at radius 2 is 1.27 bits per heavy atom. The van der Waals surface area contributed by atoms with Crippen LogP contribution in [0.4, 0.5) is 0 Å². The quantitative estimate of drug-likeness (QED) is 0.252. The molecule has 1 N–H and O–H groups in total. The highest BCUT2D eigenvalue weighted by molar-refractivity contribution is 5.76. The molecule has 188 valence electrons. The van der Waals surface area contributed by atoms with Crippen LogP contribution >= 0.6 is 0 Å². The number of carbonyl (C=O) groups excluding carboxylic acids is 5. The smallest absolute Gasteiger partial charge is 0.303 e. The molecule has 1 aliphatic rings. The highest BCUT2D eigenvalue weighted by Crippen LogP contribution is 2.28. The Kier molecular flexibility index (Phi) is 12.4. The minimum atomic E-state index is -1.31. The lowest BCUT2D eigenvalue weighted by Crippen LogP contribution is -2.66. The van der Waals surface area contributed by atoms with Gasteiger partial charge in [0.15, 0.2) is 24.5 Å². The number of esters is 4. The van der Waals surface area contributed by atoms with Gasteiger partial charge in [-0.1, -0.05) is 32.6 Å². The Hall–Kier alpha value is -2.69. The molecule has 0 aromatic heterocycles. The van der Waals surface area contributed by atoms with Crippen molar-refractivity contribution in [1.82, 2.24) is 5.32 Å². The first kappa shape index (κ1) is 28.3. The fourth-order valence-corrected chi connectivity index (χ4v) is 3.46. The van der Waals surface area contributed by atoms with Crippen LogP contribution < -0.4 is 5.32 Å². The molecule has 1 fully saturated rings. The van der Waals surface area contributed by atoms with Gasteiger partial charge in [-0.2, -0.15) is 0 Å². The van der Waals surface area contributed by atoms with Crippen LogP contribution in [0.1, 0.15) is 73.1 Å². The van der Waals surface area contributed by atoms with Gasteiger partial charge in [-0.05, 0) is 6.42 Å². The summed E-state index contributed by atoms with van der Waals surface area (Å²) in [4.78, 5) is 59.1. The molecule has 1 aliphatic heterocycles. The SMILES string of the molecule is CCCCCCCC(=O)N[C@H]1O[C@H](COC(C)=O)[C@@H](OC(C)=O)[C@H](OC(C)=O)[C@H]1OC(C)=O. The molecule has 1 rings (SSSR count). The summed E-state index contributed by atoms with van der Waals surface area (Å²) in [6, 6.07) is 0. The van der Waals surface area contributed by atoms with Gasteiger partial charge in [-0.25, -0.2) is 0 Å². The van der Waals surface area contributed by atoms with Gasteiger partial charge in [-0.3, -0.25) is 24.0 Å². The van der Waals surface area contributed by atoms with Crippen LogP contribution in [0, 0.1) is 0 Å². The topological polar surface area (TPSA) is 144 Å². The minimum absolute atomic E-state index is 0.219. The number of amides is 1. The van der Waals surface area contributed by atoms with E-state index in [9.17, 15) is 24.0 Å².